The number of nitrogens with zero attached hydrogens (tertiary/aromatic N) is 1. The molecule has 2 heterocycles. The van der Waals surface area contributed by atoms with Gasteiger partial charge in [-0.15, -0.1) is 0 Å². The Balaban J connectivity index is 1.39. The standard InChI is InChI=1S/C20H25N3O3/c1-12(24)14-3-2-4-15(9-14)22-20(26)23-17-7-8-18(23)11-16(10-17)21-19(25)13-5-6-13/h2-4,9,13,16-18H,5-8,10-11H2,1H3,(H,21,25)(H,22,26). The number of amides is 3. The van der Waals surface area contributed by atoms with Crippen molar-refractivity contribution in [3.8, 4) is 0 Å². The number of fused-ring (bicyclic) bond motifs is 2. The van der Waals surface area contributed by atoms with Crippen molar-refractivity contribution in [2.75, 3.05) is 5.32 Å². The van der Waals surface area contributed by atoms with Gasteiger partial charge in [0.05, 0.1) is 0 Å². The number of benzene rings is 1. The van der Waals surface area contributed by atoms with Gasteiger partial charge in [0.1, 0.15) is 0 Å². The Kier molecular flexibility index (Phi) is 4.42. The van der Waals surface area contributed by atoms with E-state index < -0.39 is 0 Å². The first kappa shape index (κ1) is 17.1. The van der Waals surface area contributed by atoms with E-state index >= 15 is 0 Å². The summed E-state index contributed by atoms with van der Waals surface area (Å²) in [7, 11) is 0. The summed E-state index contributed by atoms with van der Waals surface area (Å²) in [5.41, 5.74) is 1.23. The van der Waals surface area contributed by atoms with Gasteiger partial charge in [-0.2, -0.15) is 0 Å². The maximum Gasteiger partial charge on any atom is 0.322 e. The molecule has 2 bridgehead atoms. The summed E-state index contributed by atoms with van der Waals surface area (Å²) in [5, 5.41) is 6.11. The molecule has 2 aliphatic heterocycles. The second-order valence-electron chi connectivity index (χ2n) is 7.81. The van der Waals surface area contributed by atoms with Crippen LogP contribution in [-0.4, -0.2) is 40.7 Å². The Morgan fingerprint density at radius 1 is 1.04 bits per heavy atom. The molecule has 1 saturated carbocycles. The molecular weight excluding hydrogens is 330 g/mol. The first-order chi connectivity index (χ1) is 12.5. The summed E-state index contributed by atoms with van der Waals surface area (Å²) in [4.78, 5) is 38.3. The third kappa shape index (κ3) is 3.45. The Morgan fingerprint density at radius 3 is 2.35 bits per heavy atom. The highest BCUT2D eigenvalue weighted by molar-refractivity contribution is 5.97. The van der Waals surface area contributed by atoms with Gasteiger partial charge in [0, 0.05) is 35.3 Å². The largest absolute Gasteiger partial charge is 0.353 e. The number of nitrogens with one attached hydrogen (secondary N) is 2. The van der Waals surface area contributed by atoms with Crippen molar-refractivity contribution in [1.82, 2.24) is 10.2 Å². The van der Waals surface area contributed by atoms with Crippen LogP contribution in [0.3, 0.4) is 0 Å². The van der Waals surface area contributed by atoms with Crippen LogP contribution in [0.1, 0.15) is 55.8 Å². The van der Waals surface area contributed by atoms with Crippen LogP contribution in [0, 0.1) is 5.92 Å². The van der Waals surface area contributed by atoms with Crippen molar-refractivity contribution < 1.29 is 14.4 Å². The highest BCUT2D eigenvalue weighted by atomic mass is 16.2. The molecule has 3 fully saturated rings. The van der Waals surface area contributed by atoms with Gasteiger partial charge in [0.15, 0.2) is 5.78 Å². The lowest BCUT2D eigenvalue weighted by Crippen LogP contribution is -2.53. The molecule has 2 saturated heterocycles. The zero-order valence-corrected chi connectivity index (χ0v) is 15.0. The maximum atomic E-state index is 12.8. The molecule has 0 aromatic heterocycles. The van der Waals surface area contributed by atoms with E-state index in [0.717, 1.165) is 38.5 Å². The number of urea groups is 1. The lowest BCUT2D eigenvalue weighted by Gasteiger charge is -2.39. The number of hydrogen-bond donors (Lipinski definition) is 2. The minimum atomic E-state index is -0.106. The lowest BCUT2D eigenvalue weighted by atomic mass is 9.97. The van der Waals surface area contributed by atoms with Crippen LogP contribution in [0.4, 0.5) is 10.5 Å². The molecule has 0 spiro atoms. The first-order valence-corrected chi connectivity index (χ1v) is 9.52. The molecule has 0 radical (unpaired) electrons. The molecule has 138 valence electrons. The van der Waals surface area contributed by atoms with E-state index in [2.05, 4.69) is 10.6 Å². The SMILES string of the molecule is CC(=O)c1cccc(NC(=O)N2C3CCC2CC(NC(=O)C2CC2)C3)c1. The van der Waals surface area contributed by atoms with Crippen LogP contribution in [-0.2, 0) is 4.79 Å². The minimum absolute atomic E-state index is 0.0200. The van der Waals surface area contributed by atoms with Gasteiger partial charge < -0.3 is 15.5 Å². The van der Waals surface area contributed by atoms with Gasteiger partial charge in [-0.1, -0.05) is 12.1 Å². The summed E-state index contributed by atoms with van der Waals surface area (Å²) in [5.74, 6) is 0.393. The molecule has 6 heteroatoms. The summed E-state index contributed by atoms with van der Waals surface area (Å²) >= 11 is 0. The van der Waals surface area contributed by atoms with Gasteiger partial charge in [0.2, 0.25) is 5.91 Å². The zero-order chi connectivity index (χ0) is 18.3. The van der Waals surface area contributed by atoms with E-state index in [1.165, 1.54) is 6.92 Å². The number of piperidine rings is 1. The fourth-order valence-electron chi connectivity index (χ4n) is 4.30. The van der Waals surface area contributed by atoms with Crippen LogP contribution >= 0.6 is 0 Å². The third-order valence-corrected chi connectivity index (χ3v) is 5.78. The van der Waals surface area contributed by atoms with E-state index in [1.807, 2.05) is 4.90 Å². The van der Waals surface area contributed by atoms with E-state index in [0.29, 0.717) is 11.3 Å². The number of ketones is 1. The van der Waals surface area contributed by atoms with E-state index in [-0.39, 0.29) is 41.8 Å². The number of Topliss-reactive ketones (excluding diaryl/α,β-unsaturated/α-hetero) is 1. The number of hydrogen-bond acceptors (Lipinski definition) is 3. The van der Waals surface area contributed by atoms with E-state index in [1.54, 1.807) is 24.3 Å². The Morgan fingerprint density at radius 2 is 1.73 bits per heavy atom. The van der Waals surface area contributed by atoms with Gasteiger partial charge in [-0.25, -0.2) is 4.79 Å². The number of carbonyl (C=O) groups is 3. The summed E-state index contributed by atoms with van der Waals surface area (Å²) in [6.07, 6.45) is 5.66. The van der Waals surface area contributed by atoms with Gasteiger partial charge in [0.25, 0.3) is 0 Å². The van der Waals surface area contributed by atoms with Crippen molar-refractivity contribution in [2.24, 2.45) is 5.92 Å². The lowest BCUT2D eigenvalue weighted by molar-refractivity contribution is -0.123. The molecule has 6 nitrogen and oxygen atoms in total. The monoisotopic (exact) mass is 355 g/mol. The molecule has 2 N–H and O–H groups in total. The number of rotatable bonds is 4. The summed E-state index contributed by atoms with van der Waals surface area (Å²) < 4.78 is 0. The van der Waals surface area contributed by atoms with E-state index in [9.17, 15) is 14.4 Å². The molecule has 4 rings (SSSR count). The molecule has 1 aromatic rings. The molecule has 26 heavy (non-hydrogen) atoms. The predicted molar refractivity (Wildman–Crippen MR) is 98.0 cm³/mol. The molecule has 3 amide bonds. The van der Waals surface area contributed by atoms with Gasteiger partial charge in [-0.3, -0.25) is 9.59 Å². The highest BCUT2D eigenvalue weighted by Crippen LogP contribution is 2.37. The topological polar surface area (TPSA) is 78.5 Å². The quantitative estimate of drug-likeness (QED) is 0.815. The van der Waals surface area contributed by atoms with Crippen molar-refractivity contribution in [3.63, 3.8) is 0 Å². The number of anilines is 1. The zero-order valence-electron chi connectivity index (χ0n) is 15.0. The maximum absolute atomic E-state index is 12.8. The van der Waals surface area contributed by atoms with Crippen LogP contribution in [0.25, 0.3) is 0 Å². The van der Waals surface area contributed by atoms with Gasteiger partial charge >= 0.3 is 6.03 Å². The van der Waals surface area contributed by atoms with Crippen molar-refractivity contribution >= 4 is 23.4 Å². The van der Waals surface area contributed by atoms with E-state index in [4.69, 9.17) is 0 Å². The Hall–Kier alpha value is -2.37. The fraction of sp³-hybridized carbons (Fsp3) is 0.550. The molecular formula is C20H25N3O3. The first-order valence-electron chi connectivity index (χ1n) is 9.52. The summed E-state index contributed by atoms with van der Waals surface area (Å²) in [6.45, 7) is 1.52. The predicted octanol–water partition coefficient (Wildman–Crippen LogP) is 2.94. The van der Waals surface area contributed by atoms with Crippen molar-refractivity contribution in [3.05, 3.63) is 29.8 Å². The Labute approximate surface area is 153 Å². The van der Waals surface area contributed by atoms with Crippen LogP contribution in [0.15, 0.2) is 24.3 Å². The van der Waals surface area contributed by atoms with Crippen molar-refractivity contribution in [2.45, 2.75) is 63.6 Å². The number of carbonyl (C=O) groups excluding carboxylic acids is 3. The fourth-order valence-corrected chi connectivity index (χ4v) is 4.30. The molecule has 1 aliphatic carbocycles. The average Bonchev–Trinajstić information content (AvgIpc) is 3.41. The molecule has 1 aromatic carbocycles. The normalized spacial score (nSPS) is 27.1. The Bertz CT molecular complexity index is 730. The van der Waals surface area contributed by atoms with Crippen LogP contribution in [0.2, 0.25) is 0 Å². The second kappa shape index (κ2) is 6.74. The highest BCUT2D eigenvalue weighted by Gasteiger charge is 2.44. The van der Waals surface area contributed by atoms with Gasteiger partial charge in [-0.05, 0) is 57.6 Å². The average molecular weight is 355 g/mol. The molecule has 2 unspecified atom stereocenters. The summed E-state index contributed by atoms with van der Waals surface area (Å²) in [6, 6.07) is 7.47. The minimum Gasteiger partial charge on any atom is -0.353 e. The van der Waals surface area contributed by atoms with Crippen LogP contribution in [0.5, 0.6) is 0 Å². The molecule has 2 atom stereocenters. The molecule has 3 aliphatic rings. The van der Waals surface area contributed by atoms with Crippen molar-refractivity contribution in [1.29, 1.82) is 0 Å². The van der Waals surface area contributed by atoms with Crippen LogP contribution < -0.4 is 10.6 Å². The second-order valence-corrected chi connectivity index (χ2v) is 7.81. The third-order valence-electron chi connectivity index (χ3n) is 5.78. The smallest absolute Gasteiger partial charge is 0.322 e.